The Bertz CT molecular complexity index is 973. The molecule has 0 radical (unpaired) electrons. The van der Waals surface area contributed by atoms with Crippen molar-refractivity contribution in [1.82, 2.24) is 9.57 Å². The molecule has 0 aromatic rings. The predicted octanol–water partition coefficient (Wildman–Crippen LogP) is 0.998. The maximum atomic E-state index is 13.3. The van der Waals surface area contributed by atoms with E-state index in [0.717, 1.165) is 11.8 Å². The van der Waals surface area contributed by atoms with Crippen molar-refractivity contribution < 1.29 is 37.8 Å². The van der Waals surface area contributed by atoms with Gasteiger partial charge in [-0.05, 0) is 33.0 Å². The lowest BCUT2D eigenvalue weighted by Crippen LogP contribution is -2.54. The Balaban J connectivity index is 2.27. The highest BCUT2D eigenvalue weighted by Gasteiger charge is 2.58. The molecule has 0 aromatic heterocycles. The van der Waals surface area contributed by atoms with E-state index in [4.69, 9.17) is 30.0 Å². The van der Waals surface area contributed by atoms with Gasteiger partial charge in [0, 0.05) is 18.9 Å². The van der Waals surface area contributed by atoms with E-state index < -0.39 is 43.8 Å². The molecule has 2 aliphatic rings. The maximum absolute atomic E-state index is 13.3. The largest absolute Gasteiger partial charge is 0.455 e. The Kier molecular flexibility index (Phi) is 10.9. The second-order valence-electron chi connectivity index (χ2n) is 9.34. The van der Waals surface area contributed by atoms with Crippen LogP contribution >= 0.6 is 19.5 Å². The summed E-state index contributed by atoms with van der Waals surface area (Å²) in [6.07, 6.45) is -0.409. The zero-order valence-electron chi connectivity index (χ0n) is 22.0. The van der Waals surface area contributed by atoms with Crippen molar-refractivity contribution in [2.24, 2.45) is 22.4 Å². The summed E-state index contributed by atoms with van der Waals surface area (Å²) in [6, 6.07) is -0.944. The highest BCUT2D eigenvalue weighted by molar-refractivity contribution is 8.13. The third-order valence-corrected chi connectivity index (χ3v) is 8.44. The molecule has 13 nitrogen and oxygen atoms in total. The van der Waals surface area contributed by atoms with Crippen LogP contribution in [0.5, 0.6) is 0 Å². The van der Waals surface area contributed by atoms with Gasteiger partial charge < -0.3 is 30.9 Å². The first-order chi connectivity index (χ1) is 17.1. The molecule has 0 aromatic carbocycles. The molecular formula is C22H38N5O8PS. The minimum absolute atomic E-state index is 0.00888. The van der Waals surface area contributed by atoms with Gasteiger partial charge in [0.2, 0.25) is 0 Å². The Hall–Kier alpha value is -1.77. The van der Waals surface area contributed by atoms with Crippen molar-refractivity contribution in [2.45, 2.75) is 57.8 Å². The number of aliphatic hydroxyl groups is 1. The summed E-state index contributed by atoms with van der Waals surface area (Å²) < 4.78 is 37.5. The zero-order chi connectivity index (χ0) is 28.1. The standard InChI is InChI=1S/C22H38N5O8PS/c1-13(2)18(24)20(29)35-19-16(12-33-36(31,26(6)7)32-10-11-37-15(4)28)34-21(22(19,5)30)27-9-8-17(23)25-14(27)3/h8-9,13,16,18-19,21,30H,3,10-12,24H2,1-2,4-7H3,(H2,23,25)/t16-,18?,19+,21-,22?,36?/m1/s1. The number of ether oxygens (including phenoxy) is 2. The molecule has 2 rings (SSSR count). The van der Waals surface area contributed by atoms with Gasteiger partial charge >= 0.3 is 13.7 Å². The molecule has 6 atom stereocenters. The number of amidine groups is 1. The molecule has 0 aliphatic carbocycles. The minimum Gasteiger partial charge on any atom is -0.455 e. The van der Waals surface area contributed by atoms with E-state index in [9.17, 15) is 19.3 Å². The second kappa shape index (κ2) is 12.9. The summed E-state index contributed by atoms with van der Waals surface area (Å²) in [5.41, 5.74) is 9.90. The minimum atomic E-state index is -3.81. The Morgan fingerprint density at radius 2 is 2.05 bits per heavy atom. The maximum Gasteiger partial charge on any atom is 0.407 e. The topological polar surface area (TPSA) is 179 Å². The number of aliphatic imine (C=N–C) groups is 1. The van der Waals surface area contributed by atoms with Gasteiger partial charge in [0.15, 0.2) is 17.4 Å². The number of carbonyl (C=O) groups excluding carboxylic acids is 2. The van der Waals surface area contributed by atoms with E-state index in [1.54, 1.807) is 13.8 Å². The molecule has 1 fully saturated rings. The van der Waals surface area contributed by atoms with Crippen LogP contribution in [-0.2, 0) is 32.7 Å². The van der Waals surface area contributed by atoms with Crippen molar-refractivity contribution in [3.05, 3.63) is 24.7 Å². The second-order valence-corrected chi connectivity index (χ2v) is 12.9. The summed E-state index contributed by atoms with van der Waals surface area (Å²) >= 11 is 1.03. The number of rotatable bonds is 12. The number of nitrogens with two attached hydrogens (primary N) is 2. The first-order valence-electron chi connectivity index (χ1n) is 11.6. The van der Waals surface area contributed by atoms with Gasteiger partial charge in [0.1, 0.15) is 29.4 Å². The SMILES string of the molecule is C=C1N=C(N)C=CN1[C@@H]1O[C@H](COP(=O)(OCCSC(C)=O)N(C)C)[C@H](OC(=O)C(N)C(C)C)C1(C)O. The highest BCUT2D eigenvalue weighted by atomic mass is 32.2. The lowest BCUT2D eigenvalue weighted by atomic mass is 9.95. The van der Waals surface area contributed by atoms with Crippen LogP contribution in [0.3, 0.4) is 0 Å². The van der Waals surface area contributed by atoms with E-state index in [2.05, 4.69) is 11.6 Å². The highest BCUT2D eigenvalue weighted by Crippen LogP contribution is 2.51. The Morgan fingerprint density at radius 1 is 1.41 bits per heavy atom. The number of thioether (sulfide) groups is 1. The molecule has 2 aliphatic heterocycles. The van der Waals surface area contributed by atoms with Gasteiger partial charge in [-0.3, -0.25) is 18.6 Å². The average molecular weight is 564 g/mol. The number of hydrogen-bond donors (Lipinski definition) is 3. The smallest absolute Gasteiger partial charge is 0.407 e. The van der Waals surface area contributed by atoms with Crippen LogP contribution in [0.1, 0.15) is 27.7 Å². The van der Waals surface area contributed by atoms with Gasteiger partial charge in [-0.1, -0.05) is 32.2 Å². The molecule has 37 heavy (non-hydrogen) atoms. The van der Waals surface area contributed by atoms with Crippen molar-refractivity contribution in [1.29, 1.82) is 0 Å². The molecular weight excluding hydrogens is 525 g/mol. The fourth-order valence-corrected chi connectivity index (χ4v) is 5.28. The van der Waals surface area contributed by atoms with Crippen LogP contribution < -0.4 is 11.5 Å². The van der Waals surface area contributed by atoms with E-state index in [-0.39, 0.29) is 41.7 Å². The molecule has 0 bridgehead atoms. The summed E-state index contributed by atoms with van der Waals surface area (Å²) in [5, 5.41) is 11.4. The molecule has 0 amide bonds. The molecule has 0 spiro atoms. The molecule has 1 saturated heterocycles. The lowest BCUT2D eigenvalue weighted by Gasteiger charge is -2.36. The van der Waals surface area contributed by atoms with E-state index in [1.165, 1.54) is 49.8 Å². The predicted molar refractivity (Wildman–Crippen MR) is 140 cm³/mol. The molecule has 15 heteroatoms. The van der Waals surface area contributed by atoms with Gasteiger partial charge in [-0.25, -0.2) is 14.2 Å². The fourth-order valence-electron chi connectivity index (χ4n) is 3.51. The van der Waals surface area contributed by atoms with E-state index >= 15 is 0 Å². The van der Waals surface area contributed by atoms with Crippen LogP contribution in [0, 0.1) is 5.92 Å². The monoisotopic (exact) mass is 563 g/mol. The van der Waals surface area contributed by atoms with Gasteiger partial charge in [-0.2, -0.15) is 0 Å². The van der Waals surface area contributed by atoms with Crippen LogP contribution in [0.2, 0.25) is 0 Å². The third-order valence-electron chi connectivity index (χ3n) is 5.70. The lowest BCUT2D eigenvalue weighted by molar-refractivity contribution is -0.167. The normalized spacial score (nSPS) is 28.4. The summed E-state index contributed by atoms with van der Waals surface area (Å²) in [5.74, 6) is -0.258. The van der Waals surface area contributed by atoms with Crippen LogP contribution in [0.15, 0.2) is 29.7 Å². The van der Waals surface area contributed by atoms with Crippen LogP contribution in [0.25, 0.3) is 0 Å². The van der Waals surface area contributed by atoms with Gasteiger partial charge in [0.05, 0.1) is 13.2 Å². The Morgan fingerprint density at radius 3 is 2.59 bits per heavy atom. The number of hydrogen-bond acceptors (Lipinski definition) is 13. The molecule has 0 saturated carbocycles. The Labute approximate surface area is 221 Å². The van der Waals surface area contributed by atoms with Crippen molar-refractivity contribution in [3.8, 4) is 0 Å². The van der Waals surface area contributed by atoms with Crippen LogP contribution in [-0.4, -0.2) is 94.7 Å². The molecule has 5 N–H and O–H groups in total. The molecule has 3 unspecified atom stereocenters. The van der Waals surface area contributed by atoms with Gasteiger partial charge in [-0.15, -0.1) is 0 Å². The summed E-state index contributed by atoms with van der Waals surface area (Å²) in [4.78, 5) is 29.4. The number of carbonyl (C=O) groups is 2. The van der Waals surface area contributed by atoms with E-state index in [0.29, 0.717) is 0 Å². The first-order valence-corrected chi connectivity index (χ1v) is 14.1. The third kappa shape index (κ3) is 7.87. The zero-order valence-corrected chi connectivity index (χ0v) is 23.7. The van der Waals surface area contributed by atoms with Gasteiger partial charge in [0.25, 0.3) is 0 Å². The van der Waals surface area contributed by atoms with Crippen molar-refractivity contribution >= 4 is 36.4 Å². The quantitative estimate of drug-likeness (QED) is 0.174. The van der Waals surface area contributed by atoms with E-state index in [1.807, 2.05) is 0 Å². The molecule has 210 valence electrons. The summed E-state index contributed by atoms with van der Waals surface area (Å²) in [7, 11) is -0.792. The average Bonchev–Trinajstić information content (AvgIpc) is 3.04. The van der Waals surface area contributed by atoms with Crippen molar-refractivity contribution in [3.63, 3.8) is 0 Å². The first kappa shape index (κ1) is 31.4. The van der Waals surface area contributed by atoms with Crippen molar-refractivity contribution in [2.75, 3.05) is 33.1 Å². The number of nitrogens with zero attached hydrogens (tertiary/aromatic N) is 3. The summed E-state index contributed by atoms with van der Waals surface area (Å²) in [6.45, 7) is 9.84. The molecule has 2 heterocycles. The van der Waals surface area contributed by atoms with Crippen LogP contribution in [0.4, 0.5) is 0 Å². The fraction of sp³-hybridized carbons (Fsp3) is 0.682. The number of esters is 1.